The predicted molar refractivity (Wildman–Crippen MR) is 62.2 cm³/mol. The molecule has 2 atom stereocenters. The van der Waals surface area contributed by atoms with Crippen LogP contribution in [0.5, 0.6) is 0 Å². The molecule has 1 fully saturated rings. The van der Waals surface area contributed by atoms with E-state index in [0.29, 0.717) is 18.9 Å². The van der Waals surface area contributed by atoms with Crippen molar-refractivity contribution >= 4 is 0 Å². The van der Waals surface area contributed by atoms with Crippen LogP contribution in [0.2, 0.25) is 0 Å². The molecule has 2 heterocycles. The van der Waals surface area contributed by atoms with Gasteiger partial charge in [-0.2, -0.15) is 0 Å². The third-order valence-corrected chi connectivity index (χ3v) is 3.21. The van der Waals surface area contributed by atoms with Gasteiger partial charge in [-0.1, -0.05) is 6.42 Å². The van der Waals surface area contributed by atoms with E-state index in [1.165, 1.54) is 12.8 Å². The van der Waals surface area contributed by atoms with Crippen LogP contribution >= 0.6 is 0 Å². The van der Waals surface area contributed by atoms with Crippen LogP contribution in [0, 0.1) is 0 Å². The molecule has 0 radical (unpaired) electrons. The molecule has 0 amide bonds. The minimum atomic E-state index is -1.17. The van der Waals surface area contributed by atoms with E-state index in [4.69, 9.17) is 4.42 Å². The van der Waals surface area contributed by atoms with Gasteiger partial charge in [-0.15, -0.1) is 0 Å². The van der Waals surface area contributed by atoms with Crippen molar-refractivity contribution in [2.45, 2.75) is 50.7 Å². The van der Waals surface area contributed by atoms with Gasteiger partial charge in [0.15, 0.2) is 0 Å². The first-order valence-corrected chi connectivity index (χ1v) is 6.10. The van der Waals surface area contributed by atoms with Crippen LogP contribution < -0.4 is 5.32 Å². The van der Waals surface area contributed by atoms with Gasteiger partial charge >= 0.3 is 0 Å². The number of nitrogens with one attached hydrogen (secondary N) is 1. The molecule has 1 saturated heterocycles. The van der Waals surface area contributed by atoms with Crippen LogP contribution in [0.25, 0.3) is 0 Å². The molecule has 1 aromatic heterocycles. The first kappa shape index (κ1) is 11.6. The fourth-order valence-corrected chi connectivity index (χ4v) is 2.46. The number of hydrogen-bond acceptors (Lipinski definition) is 2. The Morgan fingerprint density at radius 1 is 1.56 bits per heavy atom. The number of rotatable bonds is 4. The summed E-state index contributed by atoms with van der Waals surface area (Å²) in [5, 5.41) is 3.38. The molecule has 0 saturated carbocycles. The third kappa shape index (κ3) is 3.34. The van der Waals surface area contributed by atoms with Crippen molar-refractivity contribution in [3.63, 3.8) is 0 Å². The Hall–Kier alpha value is -0.830. The van der Waals surface area contributed by atoms with Gasteiger partial charge in [-0.3, -0.25) is 0 Å². The molecule has 1 aromatic rings. The topological polar surface area (TPSA) is 25.2 Å². The number of piperidine rings is 1. The molecule has 1 N–H and O–H groups in total. The van der Waals surface area contributed by atoms with Gasteiger partial charge in [0.1, 0.15) is 11.4 Å². The van der Waals surface area contributed by atoms with Gasteiger partial charge in [-0.05, 0) is 44.9 Å². The summed E-state index contributed by atoms with van der Waals surface area (Å²) < 4.78 is 19.5. The van der Waals surface area contributed by atoms with E-state index >= 15 is 0 Å². The zero-order chi connectivity index (χ0) is 11.4. The Kier molecular flexibility index (Phi) is 3.64. The summed E-state index contributed by atoms with van der Waals surface area (Å²) in [6, 6.07) is 3.98. The molecule has 0 aliphatic carbocycles. The van der Waals surface area contributed by atoms with Crippen LogP contribution in [-0.4, -0.2) is 18.3 Å². The SMILES string of the molecule is CC(F)(Cc1ccco1)CC1CCCCN1. The van der Waals surface area contributed by atoms with E-state index < -0.39 is 5.67 Å². The van der Waals surface area contributed by atoms with Crippen molar-refractivity contribution in [1.82, 2.24) is 5.32 Å². The maximum absolute atomic E-state index is 14.3. The second kappa shape index (κ2) is 5.00. The van der Waals surface area contributed by atoms with Crippen molar-refractivity contribution in [1.29, 1.82) is 0 Å². The minimum absolute atomic E-state index is 0.332. The molecule has 90 valence electrons. The molecule has 2 rings (SSSR count). The third-order valence-electron chi connectivity index (χ3n) is 3.21. The monoisotopic (exact) mass is 225 g/mol. The van der Waals surface area contributed by atoms with Crippen LogP contribution in [0.3, 0.4) is 0 Å². The molecule has 3 heteroatoms. The lowest BCUT2D eigenvalue weighted by Crippen LogP contribution is -2.39. The van der Waals surface area contributed by atoms with Crippen molar-refractivity contribution in [2.75, 3.05) is 6.54 Å². The summed E-state index contributed by atoms with van der Waals surface area (Å²) in [5.74, 6) is 0.737. The van der Waals surface area contributed by atoms with E-state index in [-0.39, 0.29) is 0 Å². The Labute approximate surface area is 96.2 Å². The largest absolute Gasteiger partial charge is 0.469 e. The van der Waals surface area contributed by atoms with Crippen LogP contribution in [0.15, 0.2) is 22.8 Å². The quantitative estimate of drug-likeness (QED) is 0.851. The Balaban J connectivity index is 1.86. The molecule has 1 aliphatic rings. The number of halogens is 1. The highest BCUT2D eigenvalue weighted by atomic mass is 19.1. The lowest BCUT2D eigenvalue weighted by Gasteiger charge is -2.29. The molecule has 0 aromatic carbocycles. The average molecular weight is 225 g/mol. The van der Waals surface area contributed by atoms with Gasteiger partial charge in [0.05, 0.1) is 6.26 Å². The van der Waals surface area contributed by atoms with E-state index in [2.05, 4.69) is 5.32 Å². The van der Waals surface area contributed by atoms with Crippen LogP contribution in [0.1, 0.15) is 38.4 Å². The lowest BCUT2D eigenvalue weighted by atomic mass is 9.90. The molecule has 2 unspecified atom stereocenters. The second-order valence-corrected chi connectivity index (χ2v) is 5.02. The average Bonchev–Trinajstić information content (AvgIpc) is 2.70. The Bertz CT molecular complexity index is 302. The summed E-state index contributed by atoms with van der Waals surface area (Å²) >= 11 is 0. The molecule has 0 bridgehead atoms. The van der Waals surface area contributed by atoms with Gasteiger partial charge in [0.2, 0.25) is 0 Å². The van der Waals surface area contributed by atoms with Crippen LogP contribution in [-0.2, 0) is 6.42 Å². The van der Waals surface area contributed by atoms with E-state index in [9.17, 15) is 4.39 Å². The van der Waals surface area contributed by atoms with Gasteiger partial charge in [0, 0.05) is 12.5 Å². The summed E-state index contributed by atoms with van der Waals surface area (Å²) in [7, 11) is 0. The normalized spacial score (nSPS) is 25.2. The first-order chi connectivity index (χ1) is 7.66. The maximum atomic E-state index is 14.3. The van der Waals surface area contributed by atoms with Crippen molar-refractivity contribution in [3.8, 4) is 0 Å². The maximum Gasteiger partial charge on any atom is 0.116 e. The molecular weight excluding hydrogens is 205 g/mol. The minimum Gasteiger partial charge on any atom is -0.469 e. The Morgan fingerprint density at radius 3 is 3.06 bits per heavy atom. The molecule has 0 spiro atoms. The summed E-state index contributed by atoms with van der Waals surface area (Å²) in [4.78, 5) is 0. The van der Waals surface area contributed by atoms with Crippen molar-refractivity contribution in [2.24, 2.45) is 0 Å². The smallest absolute Gasteiger partial charge is 0.116 e. The number of hydrogen-bond donors (Lipinski definition) is 1. The van der Waals surface area contributed by atoms with Gasteiger partial charge in [-0.25, -0.2) is 4.39 Å². The molecule has 2 nitrogen and oxygen atoms in total. The highest BCUT2D eigenvalue weighted by Gasteiger charge is 2.29. The van der Waals surface area contributed by atoms with E-state index in [1.54, 1.807) is 13.2 Å². The molecule has 16 heavy (non-hydrogen) atoms. The predicted octanol–water partition coefficient (Wildman–Crippen LogP) is 3.08. The fraction of sp³-hybridized carbons (Fsp3) is 0.692. The summed E-state index contributed by atoms with van der Waals surface area (Å²) in [6.45, 7) is 2.70. The zero-order valence-corrected chi connectivity index (χ0v) is 9.84. The highest BCUT2D eigenvalue weighted by Crippen LogP contribution is 2.26. The van der Waals surface area contributed by atoms with Gasteiger partial charge in [0.25, 0.3) is 0 Å². The Morgan fingerprint density at radius 2 is 2.44 bits per heavy atom. The zero-order valence-electron chi connectivity index (χ0n) is 9.84. The van der Waals surface area contributed by atoms with Gasteiger partial charge < -0.3 is 9.73 Å². The van der Waals surface area contributed by atoms with Crippen molar-refractivity contribution < 1.29 is 8.81 Å². The highest BCUT2D eigenvalue weighted by molar-refractivity contribution is 5.03. The summed E-state index contributed by atoms with van der Waals surface area (Å²) in [5.41, 5.74) is -1.17. The standard InChI is InChI=1S/C13H20FNO/c1-13(14,10-12-6-4-8-16-12)9-11-5-2-3-7-15-11/h4,6,8,11,15H,2-3,5,7,9-10H2,1H3. The second-order valence-electron chi connectivity index (χ2n) is 5.02. The summed E-state index contributed by atoms with van der Waals surface area (Å²) in [6.07, 6.45) is 6.08. The molecular formula is C13H20FNO. The van der Waals surface area contributed by atoms with E-state index in [1.807, 2.05) is 12.1 Å². The lowest BCUT2D eigenvalue weighted by molar-refractivity contribution is 0.138. The molecule has 1 aliphatic heterocycles. The van der Waals surface area contributed by atoms with E-state index in [0.717, 1.165) is 18.7 Å². The van der Waals surface area contributed by atoms with Crippen LogP contribution in [0.4, 0.5) is 4.39 Å². The fourth-order valence-electron chi connectivity index (χ4n) is 2.46. The first-order valence-electron chi connectivity index (χ1n) is 6.10. The number of alkyl halides is 1. The van der Waals surface area contributed by atoms with Crippen molar-refractivity contribution in [3.05, 3.63) is 24.2 Å². The number of furan rings is 1.